The number of hydrogen-bond donors (Lipinski definition) is 2. The summed E-state index contributed by atoms with van der Waals surface area (Å²) in [6.45, 7) is 0. The van der Waals surface area contributed by atoms with Crippen LogP contribution in [0.3, 0.4) is 0 Å². The number of aryl methyl sites for hydroxylation is 1. The van der Waals surface area contributed by atoms with E-state index in [-0.39, 0.29) is 22.5 Å². The Morgan fingerprint density at radius 3 is 2.68 bits per heavy atom. The van der Waals surface area contributed by atoms with Gasteiger partial charge in [0.15, 0.2) is 0 Å². The molecule has 0 aliphatic carbocycles. The first-order chi connectivity index (χ1) is 10.6. The molecule has 0 saturated carbocycles. The second-order valence-corrected chi connectivity index (χ2v) is 4.78. The lowest BCUT2D eigenvalue weighted by Crippen LogP contribution is -2.16. The molecule has 0 fully saturated rings. The van der Waals surface area contributed by atoms with E-state index in [9.17, 15) is 15.3 Å². The predicted molar refractivity (Wildman–Crippen MR) is 80.6 cm³/mol. The molecule has 3 aromatic rings. The van der Waals surface area contributed by atoms with Crippen LogP contribution in [-0.4, -0.2) is 14.5 Å². The van der Waals surface area contributed by atoms with E-state index in [2.05, 4.69) is 9.97 Å². The summed E-state index contributed by atoms with van der Waals surface area (Å²) in [6, 6.07) is 9.07. The summed E-state index contributed by atoms with van der Waals surface area (Å²) in [4.78, 5) is 18.5. The molecule has 1 aromatic carbocycles. The number of fused-ring (bicyclic) bond motifs is 1. The number of nitrogen functional groups attached to an aromatic ring is 1. The monoisotopic (exact) mass is 290 g/mol. The molecule has 22 heavy (non-hydrogen) atoms. The Labute approximate surface area is 124 Å². The fraction of sp³-hybridized carbons (Fsp3) is 0.0667. The van der Waals surface area contributed by atoms with Crippen LogP contribution in [0.15, 0.2) is 29.3 Å². The highest BCUT2D eigenvalue weighted by molar-refractivity contribution is 5.87. The van der Waals surface area contributed by atoms with Crippen molar-refractivity contribution < 1.29 is 0 Å². The van der Waals surface area contributed by atoms with Crippen molar-refractivity contribution in [3.63, 3.8) is 0 Å². The molecule has 0 bridgehead atoms. The van der Waals surface area contributed by atoms with Crippen LogP contribution >= 0.6 is 0 Å². The summed E-state index contributed by atoms with van der Waals surface area (Å²) in [5.41, 5.74) is 7.41. The topological polar surface area (TPSA) is 124 Å². The minimum Gasteiger partial charge on any atom is -0.384 e. The Morgan fingerprint density at radius 1 is 1.27 bits per heavy atom. The standard InChI is InChI=1S/C15H10N6O/c1-21-7-19-11-4-8(2-3-12(11)21)13-9(5-16)14(18)20-15(22)10(13)6-17/h2-4,7H,1H3,(H3,18,20,22). The predicted octanol–water partition coefficient (Wildman–Crippen LogP) is 1.25. The third kappa shape index (κ3) is 1.81. The number of benzene rings is 1. The van der Waals surface area contributed by atoms with Crippen molar-refractivity contribution >= 4 is 16.9 Å². The molecular formula is C15H10N6O. The molecule has 2 aromatic heterocycles. The fourth-order valence-electron chi connectivity index (χ4n) is 2.42. The number of anilines is 1. The zero-order valence-corrected chi connectivity index (χ0v) is 11.6. The average molecular weight is 290 g/mol. The first kappa shape index (κ1) is 13.4. The van der Waals surface area contributed by atoms with Crippen molar-refractivity contribution in [3.05, 3.63) is 46.0 Å². The Hall–Kier alpha value is -3.58. The molecule has 2 heterocycles. The molecule has 0 aliphatic heterocycles. The highest BCUT2D eigenvalue weighted by Crippen LogP contribution is 2.29. The largest absolute Gasteiger partial charge is 0.384 e. The van der Waals surface area contributed by atoms with Crippen LogP contribution < -0.4 is 11.3 Å². The van der Waals surface area contributed by atoms with Crippen LogP contribution in [0.5, 0.6) is 0 Å². The second-order valence-electron chi connectivity index (χ2n) is 4.78. The SMILES string of the molecule is Cn1cnc2cc(-c3c(C#N)c(N)[nH]c(=O)c3C#N)ccc21. The van der Waals surface area contributed by atoms with E-state index < -0.39 is 5.56 Å². The quantitative estimate of drug-likeness (QED) is 0.698. The highest BCUT2D eigenvalue weighted by atomic mass is 16.1. The van der Waals surface area contributed by atoms with Crippen molar-refractivity contribution in [1.82, 2.24) is 14.5 Å². The summed E-state index contributed by atoms with van der Waals surface area (Å²) in [7, 11) is 1.86. The van der Waals surface area contributed by atoms with Gasteiger partial charge in [0.2, 0.25) is 0 Å². The van der Waals surface area contributed by atoms with E-state index in [1.165, 1.54) is 0 Å². The van der Waals surface area contributed by atoms with Gasteiger partial charge in [0.05, 0.1) is 17.4 Å². The van der Waals surface area contributed by atoms with Gasteiger partial charge >= 0.3 is 0 Å². The molecule has 0 spiro atoms. The molecule has 0 atom stereocenters. The Morgan fingerprint density at radius 2 is 2.00 bits per heavy atom. The van der Waals surface area contributed by atoms with Crippen LogP contribution in [0, 0.1) is 22.7 Å². The lowest BCUT2D eigenvalue weighted by molar-refractivity contribution is 0.948. The Bertz CT molecular complexity index is 1040. The number of H-pyrrole nitrogens is 1. The number of nitrogens with zero attached hydrogens (tertiary/aromatic N) is 4. The maximum absolute atomic E-state index is 11.9. The van der Waals surface area contributed by atoms with Crippen LogP contribution in [0.2, 0.25) is 0 Å². The van der Waals surface area contributed by atoms with Gasteiger partial charge in [-0.1, -0.05) is 6.07 Å². The van der Waals surface area contributed by atoms with Crippen LogP contribution in [0.25, 0.3) is 22.2 Å². The molecule has 106 valence electrons. The van der Waals surface area contributed by atoms with Crippen molar-refractivity contribution in [2.75, 3.05) is 5.73 Å². The molecule has 3 rings (SSSR count). The maximum Gasteiger partial charge on any atom is 0.268 e. The normalized spacial score (nSPS) is 10.3. The smallest absolute Gasteiger partial charge is 0.268 e. The van der Waals surface area contributed by atoms with E-state index >= 15 is 0 Å². The summed E-state index contributed by atoms with van der Waals surface area (Å²) < 4.78 is 1.85. The van der Waals surface area contributed by atoms with Crippen molar-refractivity contribution in [3.8, 4) is 23.3 Å². The molecule has 0 aliphatic rings. The third-order valence-electron chi connectivity index (χ3n) is 3.48. The summed E-state index contributed by atoms with van der Waals surface area (Å²) in [5.74, 6) is -0.0531. The zero-order chi connectivity index (χ0) is 15.9. The van der Waals surface area contributed by atoms with Crippen LogP contribution in [0.4, 0.5) is 5.82 Å². The average Bonchev–Trinajstić information content (AvgIpc) is 2.87. The van der Waals surface area contributed by atoms with Gasteiger partial charge in [-0.2, -0.15) is 10.5 Å². The van der Waals surface area contributed by atoms with Crippen molar-refractivity contribution in [2.45, 2.75) is 0 Å². The summed E-state index contributed by atoms with van der Waals surface area (Å²) >= 11 is 0. The van der Waals surface area contributed by atoms with E-state index in [1.54, 1.807) is 18.5 Å². The van der Waals surface area contributed by atoms with Gasteiger partial charge < -0.3 is 15.3 Å². The number of nitriles is 2. The number of hydrogen-bond acceptors (Lipinski definition) is 5. The number of rotatable bonds is 1. The molecular weight excluding hydrogens is 280 g/mol. The van der Waals surface area contributed by atoms with E-state index in [0.29, 0.717) is 11.1 Å². The van der Waals surface area contributed by atoms with Gasteiger partial charge in [0, 0.05) is 12.6 Å². The fourth-order valence-corrected chi connectivity index (χ4v) is 2.42. The number of imidazole rings is 1. The van der Waals surface area contributed by atoms with Gasteiger partial charge in [-0.05, 0) is 17.7 Å². The number of aromatic amines is 1. The van der Waals surface area contributed by atoms with Gasteiger partial charge in [-0.3, -0.25) is 4.79 Å². The Kier molecular flexibility index (Phi) is 2.90. The van der Waals surface area contributed by atoms with Crippen molar-refractivity contribution in [1.29, 1.82) is 10.5 Å². The molecule has 3 N–H and O–H groups in total. The van der Waals surface area contributed by atoms with Gasteiger partial charge in [0.1, 0.15) is 29.1 Å². The lowest BCUT2D eigenvalue weighted by atomic mass is 9.96. The Balaban J connectivity index is 2.41. The third-order valence-corrected chi connectivity index (χ3v) is 3.48. The van der Waals surface area contributed by atoms with E-state index in [0.717, 1.165) is 5.52 Å². The minimum atomic E-state index is -0.616. The molecule has 0 saturated heterocycles. The minimum absolute atomic E-state index is 0.0531. The lowest BCUT2D eigenvalue weighted by Gasteiger charge is -2.08. The molecule has 7 nitrogen and oxygen atoms in total. The summed E-state index contributed by atoms with van der Waals surface area (Å²) in [6.07, 6.45) is 1.66. The molecule has 0 unspecified atom stereocenters. The first-order valence-electron chi connectivity index (χ1n) is 6.34. The number of aromatic nitrogens is 3. The maximum atomic E-state index is 11.9. The molecule has 0 radical (unpaired) electrons. The van der Waals surface area contributed by atoms with Gasteiger partial charge in [-0.15, -0.1) is 0 Å². The number of pyridine rings is 1. The number of nitrogens with one attached hydrogen (secondary N) is 1. The molecule has 0 amide bonds. The first-order valence-corrected chi connectivity index (χ1v) is 6.34. The van der Waals surface area contributed by atoms with Gasteiger partial charge in [0.25, 0.3) is 5.56 Å². The van der Waals surface area contributed by atoms with Crippen LogP contribution in [0.1, 0.15) is 11.1 Å². The van der Waals surface area contributed by atoms with E-state index in [1.807, 2.05) is 29.8 Å². The van der Waals surface area contributed by atoms with Crippen molar-refractivity contribution in [2.24, 2.45) is 7.05 Å². The highest BCUT2D eigenvalue weighted by Gasteiger charge is 2.18. The second kappa shape index (κ2) is 4.76. The van der Waals surface area contributed by atoms with Crippen LogP contribution in [-0.2, 0) is 7.05 Å². The molecule has 7 heteroatoms. The summed E-state index contributed by atoms with van der Waals surface area (Å²) in [5, 5.41) is 18.6. The van der Waals surface area contributed by atoms with Gasteiger partial charge in [-0.25, -0.2) is 4.98 Å². The number of nitrogens with two attached hydrogens (primary N) is 1. The zero-order valence-electron chi connectivity index (χ0n) is 11.6. The van der Waals surface area contributed by atoms with E-state index in [4.69, 9.17) is 5.73 Å².